The van der Waals surface area contributed by atoms with E-state index in [0.717, 1.165) is 48.6 Å². The van der Waals surface area contributed by atoms with Gasteiger partial charge in [0.2, 0.25) is 6.41 Å². The Morgan fingerprint density at radius 3 is 2.17 bits per heavy atom. The third-order valence-electron chi connectivity index (χ3n) is 5.24. The Hall–Kier alpha value is -2.85. The topological polar surface area (TPSA) is 60.0 Å². The molecule has 2 saturated heterocycles. The van der Waals surface area contributed by atoms with Crippen LogP contribution in [0, 0.1) is 11.8 Å². The number of nitrogens with zero attached hydrogens (tertiary/aromatic N) is 1. The van der Waals surface area contributed by atoms with Crippen LogP contribution in [-0.2, 0) is 14.3 Å². The largest absolute Gasteiger partial charge is 0.494 e. The average molecular weight is 406 g/mol. The molecule has 2 aliphatic rings. The maximum Gasteiger partial charge on any atom is 0.211 e. The molecule has 0 aromatic heterocycles. The van der Waals surface area contributed by atoms with E-state index in [1.807, 2.05) is 48.5 Å². The standard InChI is InChI=1S/C24H26N2O4/c27-18-25-21-8-4-19(5-9-21)2-3-20-6-10-22(11-7-20)28-13-1-12-26-16-23-24(17-26)30-15-14-29-23/h4-11,18,23-24H,1,12-17H2,(H,25,27)/t23-,24?/m0/s1. The quantitative estimate of drug-likeness (QED) is 0.435. The second kappa shape index (κ2) is 10.3. The van der Waals surface area contributed by atoms with Gasteiger partial charge in [0.25, 0.3) is 0 Å². The van der Waals surface area contributed by atoms with Crippen LogP contribution in [0.5, 0.6) is 5.75 Å². The summed E-state index contributed by atoms with van der Waals surface area (Å²) in [4.78, 5) is 12.8. The van der Waals surface area contributed by atoms with Crippen LogP contribution in [0.3, 0.4) is 0 Å². The summed E-state index contributed by atoms with van der Waals surface area (Å²) in [7, 11) is 0. The number of hydrogen-bond acceptors (Lipinski definition) is 5. The zero-order chi connectivity index (χ0) is 20.6. The smallest absolute Gasteiger partial charge is 0.211 e. The Morgan fingerprint density at radius 1 is 0.967 bits per heavy atom. The zero-order valence-corrected chi connectivity index (χ0v) is 16.9. The number of carbonyl (C=O) groups excluding carboxylic acids is 1. The van der Waals surface area contributed by atoms with Crippen molar-refractivity contribution in [1.29, 1.82) is 0 Å². The van der Waals surface area contributed by atoms with Gasteiger partial charge in [0.05, 0.1) is 32.0 Å². The molecule has 0 bridgehead atoms. The first kappa shape index (κ1) is 20.4. The van der Waals surface area contributed by atoms with Crippen LogP contribution in [0.1, 0.15) is 17.5 Å². The van der Waals surface area contributed by atoms with Crippen molar-refractivity contribution in [3.63, 3.8) is 0 Å². The van der Waals surface area contributed by atoms with Crippen molar-refractivity contribution < 1.29 is 19.0 Å². The molecule has 2 fully saturated rings. The van der Waals surface area contributed by atoms with E-state index in [2.05, 4.69) is 22.1 Å². The van der Waals surface area contributed by atoms with E-state index in [0.29, 0.717) is 26.2 Å². The number of amides is 1. The van der Waals surface area contributed by atoms with Gasteiger partial charge in [-0.25, -0.2) is 0 Å². The minimum Gasteiger partial charge on any atom is -0.494 e. The highest BCUT2D eigenvalue weighted by Crippen LogP contribution is 2.20. The molecular formula is C24H26N2O4. The molecule has 0 saturated carbocycles. The predicted octanol–water partition coefficient (Wildman–Crippen LogP) is 2.52. The third kappa shape index (κ3) is 5.61. The molecule has 1 N–H and O–H groups in total. The minimum atomic E-state index is 0.235. The van der Waals surface area contributed by atoms with Crippen LogP contribution in [0.2, 0.25) is 0 Å². The van der Waals surface area contributed by atoms with Gasteiger partial charge in [-0.2, -0.15) is 0 Å². The summed E-state index contributed by atoms with van der Waals surface area (Å²) in [5.74, 6) is 7.12. The maximum atomic E-state index is 10.4. The van der Waals surface area contributed by atoms with Crippen molar-refractivity contribution >= 4 is 12.1 Å². The second-order valence-corrected chi connectivity index (χ2v) is 7.39. The van der Waals surface area contributed by atoms with E-state index in [1.165, 1.54) is 0 Å². The molecule has 0 spiro atoms. The van der Waals surface area contributed by atoms with E-state index in [4.69, 9.17) is 14.2 Å². The Labute approximate surface area is 177 Å². The summed E-state index contributed by atoms with van der Waals surface area (Å²) >= 11 is 0. The van der Waals surface area contributed by atoms with Crippen molar-refractivity contribution in [1.82, 2.24) is 4.90 Å². The van der Waals surface area contributed by atoms with E-state index in [-0.39, 0.29) is 12.2 Å². The highest BCUT2D eigenvalue weighted by Gasteiger charge is 2.36. The number of likely N-dealkylation sites (tertiary alicyclic amines) is 1. The number of benzene rings is 2. The lowest BCUT2D eigenvalue weighted by Crippen LogP contribution is -2.36. The molecule has 2 heterocycles. The second-order valence-electron chi connectivity index (χ2n) is 7.39. The van der Waals surface area contributed by atoms with Crippen LogP contribution in [0.4, 0.5) is 5.69 Å². The highest BCUT2D eigenvalue weighted by atomic mass is 16.6. The van der Waals surface area contributed by atoms with Gasteiger partial charge in [-0.05, 0) is 55.0 Å². The average Bonchev–Trinajstić information content (AvgIpc) is 3.20. The van der Waals surface area contributed by atoms with Crippen LogP contribution < -0.4 is 10.1 Å². The summed E-state index contributed by atoms with van der Waals surface area (Å²) in [5.41, 5.74) is 2.57. The van der Waals surface area contributed by atoms with Gasteiger partial charge < -0.3 is 19.5 Å². The fourth-order valence-corrected chi connectivity index (χ4v) is 3.70. The van der Waals surface area contributed by atoms with E-state index in [1.54, 1.807) is 0 Å². The van der Waals surface area contributed by atoms with Gasteiger partial charge in [0.1, 0.15) is 5.75 Å². The van der Waals surface area contributed by atoms with E-state index >= 15 is 0 Å². The molecule has 0 aliphatic carbocycles. The number of anilines is 1. The minimum absolute atomic E-state index is 0.235. The number of rotatable bonds is 7. The molecule has 4 rings (SSSR count). The van der Waals surface area contributed by atoms with Crippen LogP contribution >= 0.6 is 0 Å². The molecule has 1 unspecified atom stereocenters. The fourth-order valence-electron chi connectivity index (χ4n) is 3.70. The van der Waals surface area contributed by atoms with Gasteiger partial charge in [-0.15, -0.1) is 0 Å². The molecule has 2 atom stereocenters. The molecule has 2 aromatic rings. The van der Waals surface area contributed by atoms with Crippen molar-refractivity contribution in [2.24, 2.45) is 0 Å². The monoisotopic (exact) mass is 406 g/mol. The van der Waals surface area contributed by atoms with Crippen molar-refractivity contribution in [2.45, 2.75) is 18.6 Å². The maximum absolute atomic E-state index is 10.4. The molecule has 6 nitrogen and oxygen atoms in total. The molecule has 1 amide bonds. The van der Waals surface area contributed by atoms with Gasteiger partial charge >= 0.3 is 0 Å². The zero-order valence-electron chi connectivity index (χ0n) is 16.9. The Bertz CT molecular complexity index is 872. The molecule has 6 heteroatoms. The van der Waals surface area contributed by atoms with Crippen molar-refractivity contribution in [3.05, 3.63) is 59.7 Å². The molecule has 156 valence electrons. The predicted molar refractivity (Wildman–Crippen MR) is 115 cm³/mol. The van der Waals surface area contributed by atoms with Crippen LogP contribution in [0.15, 0.2) is 48.5 Å². The third-order valence-corrected chi connectivity index (χ3v) is 5.24. The number of fused-ring (bicyclic) bond motifs is 1. The van der Waals surface area contributed by atoms with Gasteiger partial charge in [-0.1, -0.05) is 11.8 Å². The fraction of sp³-hybridized carbons (Fsp3) is 0.375. The van der Waals surface area contributed by atoms with Crippen molar-refractivity contribution in [2.75, 3.05) is 44.8 Å². The first-order valence-electron chi connectivity index (χ1n) is 10.3. The van der Waals surface area contributed by atoms with Crippen LogP contribution in [0.25, 0.3) is 0 Å². The Morgan fingerprint density at radius 2 is 1.57 bits per heavy atom. The first-order chi connectivity index (χ1) is 14.8. The Kier molecular flexibility index (Phi) is 6.99. The number of nitrogens with one attached hydrogen (secondary N) is 1. The normalized spacial score (nSPS) is 20.7. The number of ether oxygens (including phenoxy) is 3. The van der Waals surface area contributed by atoms with Gasteiger partial charge in [0.15, 0.2) is 0 Å². The molecular weight excluding hydrogens is 380 g/mol. The number of hydrogen-bond donors (Lipinski definition) is 1. The first-order valence-corrected chi connectivity index (χ1v) is 10.3. The lowest BCUT2D eigenvalue weighted by atomic mass is 10.1. The molecule has 2 aliphatic heterocycles. The van der Waals surface area contributed by atoms with Crippen LogP contribution in [-0.4, -0.2) is 63.0 Å². The van der Waals surface area contributed by atoms with Crippen molar-refractivity contribution in [3.8, 4) is 17.6 Å². The molecule has 0 radical (unpaired) electrons. The molecule has 30 heavy (non-hydrogen) atoms. The van der Waals surface area contributed by atoms with Gasteiger partial charge in [-0.3, -0.25) is 9.69 Å². The Balaban J connectivity index is 1.19. The summed E-state index contributed by atoms with van der Waals surface area (Å²) in [5, 5.41) is 2.61. The summed E-state index contributed by atoms with van der Waals surface area (Å²) in [6.07, 6.45) is 2.10. The summed E-state index contributed by atoms with van der Waals surface area (Å²) in [6.45, 7) is 5.00. The SMILES string of the molecule is O=CNc1ccc(C#Cc2ccc(OCCCN3CC4OCCO[C@H]4C3)cc2)cc1. The number of carbonyl (C=O) groups is 1. The summed E-state index contributed by atoms with van der Waals surface area (Å²) < 4.78 is 17.4. The lowest BCUT2D eigenvalue weighted by Gasteiger charge is -2.24. The lowest BCUT2D eigenvalue weighted by molar-refractivity contribution is -0.116. The van der Waals surface area contributed by atoms with E-state index < -0.39 is 0 Å². The summed E-state index contributed by atoms with van der Waals surface area (Å²) in [6, 6.07) is 15.2. The van der Waals surface area contributed by atoms with E-state index in [9.17, 15) is 4.79 Å². The van der Waals surface area contributed by atoms with Gasteiger partial charge in [0, 0.05) is 36.4 Å². The highest BCUT2D eigenvalue weighted by molar-refractivity contribution is 5.71. The molecule has 2 aromatic carbocycles.